The molecule has 1 aliphatic heterocycles. The number of methoxy groups -OCH3 is 1. The van der Waals surface area contributed by atoms with Crippen LogP contribution >= 0.6 is 0 Å². The number of H-pyrrole nitrogens is 1. The Morgan fingerprint density at radius 2 is 2.07 bits per heavy atom. The first-order valence-corrected chi connectivity index (χ1v) is 9.98. The van der Waals surface area contributed by atoms with Crippen molar-refractivity contribution in [3.05, 3.63) is 47.7 Å². The summed E-state index contributed by atoms with van der Waals surface area (Å²) in [6.45, 7) is 9.32. The smallest absolute Gasteiger partial charge is 0.118 e. The predicted molar refractivity (Wildman–Crippen MR) is 112 cm³/mol. The Kier molecular flexibility index (Phi) is 7.25. The minimum absolute atomic E-state index is 0.229. The van der Waals surface area contributed by atoms with Crippen molar-refractivity contribution in [2.24, 2.45) is 0 Å². The Hall–Kier alpha value is -2.15. The molecule has 0 unspecified atom stereocenters. The zero-order valence-corrected chi connectivity index (χ0v) is 17.2. The summed E-state index contributed by atoms with van der Waals surface area (Å²) in [5.74, 6) is 0.851. The van der Waals surface area contributed by atoms with E-state index in [0.717, 1.165) is 56.2 Å². The van der Waals surface area contributed by atoms with E-state index in [1.165, 1.54) is 11.1 Å². The van der Waals surface area contributed by atoms with Crippen LogP contribution in [0.3, 0.4) is 0 Å². The van der Waals surface area contributed by atoms with Crippen LogP contribution in [-0.2, 0) is 6.54 Å². The number of aliphatic hydroxyl groups is 1. The molecule has 152 valence electrons. The van der Waals surface area contributed by atoms with Gasteiger partial charge >= 0.3 is 0 Å². The molecule has 1 aromatic carbocycles. The van der Waals surface area contributed by atoms with Crippen LogP contribution in [0, 0.1) is 0 Å². The molecule has 2 aromatic rings. The third-order valence-electron chi connectivity index (χ3n) is 5.38. The van der Waals surface area contributed by atoms with Crippen molar-refractivity contribution in [1.82, 2.24) is 20.0 Å². The van der Waals surface area contributed by atoms with E-state index in [1.807, 2.05) is 18.3 Å². The minimum Gasteiger partial charge on any atom is -0.497 e. The highest BCUT2D eigenvalue weighted by atomic mass is 16.5. The fourth-order valence-corrected chi connectivity index (χ4v) is 3.74. The van der Waals surface area contributed by atoms with Crippen molar-refractivity contribution in [2.45, 2.75) is 32.9 Å². The number of allylic oxidation sites excluding steroid dienone is 1. The number of ether oxygens (including phenoxy) is 1. The van der Waals surface area contributed by atoms with Gasteiger partial charge in [-0.3, -0.25) is 14.9 Å². The highest BCUT2D eigenvalue weighted by Crippen LogP contribution is 2.25. The number of aliphatic hydroxyl groups excluding tert-OH is 1. The largest absolute Gasteiger partial charge is 0.497 e. The van der Waals surface area contributed by atoms with E-state index >= 15 is 0 Å². The van der Waals surface area contributed by atoms with Gasteiger partial charge in [0.2, 0.25) is 0 Å². The second kappa shape index (κ2) is 9.87. The van der Waals surface area contributed by atoms with Crippen LogP contribution < -0.4 is 4.74 Å². The lowest BCUT2D eigenvalue weighted by atomic mass is 10.1. The SMILES string of the molecule is COc1ccc(-c2[nH]ncc2CN2CCN(CC=C(C)C)[C@H](CCO)C2)cc1. The maximum absolute atomic E-state index is 9.51. The van der Waals surface area contributed by atoms with Crippen LogP contribution in [0.2, 0.25) is 0 Å². The molecule has 3 rings (SSSR count). The summed E-state index contributed by atoms with van der Waals surface area (Å²) >= 11 is 0. The first kappa shape index (κ1) is 20.6. The summed E-state index contributed by atoms with van der Waals surface area (Å²) in [6.07, 6.45) is 5.01. The predicted octanol–water partition coefficient (Wildman–Crippen LogP) is 2.92. The van der Waals surface area contributed by atoms with Crippen LogP contribution in [0.25, 0.3) is 11.3 Å². The Balaban J connectivity index is 1.67. The number of nitrogens with one attached hydrogen (secondary N) is 1. The highest BCUT2D eigenvalue weighted by Gasteiger charge is 2.26. The summed E-state index contributed by atoms with van der Waals surface area (Å²) in [5.41, 5.74) is 4.72. The topological polar surface area (TPSA) is 64.6 Å². The van der Waals surface area contributed by atoms with Gasteiger partial charge < -0.3 is 9.84 Å². The minimum atomic E-state index is 0.229. The number of nitrogens with zero attached hydrogens (tertiary/aromatic N) is 3. The van der Waals surface area contributed by atoms with Gasteiger partial charge in [-0.2, -0.15) is 5.10 Å². The van der Waals surface area contributed by atoms with Gasteiger partial charge in [0.15, 0.2) is 0 Å². The van der Waals surface area contributed by atoms with E-state index in [2.05, 4.69) is 52.1 Å². The lowest BCUT2D eigenvalue weighted by Crippen LogP contribution is -2.53. The van der Waals surface area contributed by atoms with E-state index in [-0.39, 0.29) is 6.61 Å². The number of hydrogen-bond donors (Lipinski definition) is 2. The summed E-state index contributed by atoms with van der Waals surface area (Å²) in [5, 5.41) is 16.9. The van der Waals surface area contributed by atoms with Gasteiger partial charge in [0.05, 0.1) is 19.0 Å². The van der Waals surface area contributed by atoms with E-state index < -0.39 is 0 Å². The summed E-state index contributed by atoms with van der Waals surface area (Å²) in [4.78, 5) is 4.96. The van der Waals surface area contributed by atoms with Crippen LogP contribution in [0.4, 0.5) is 0 Å². The molecule has 28 heavy (non-hydrogen) atoms. The number of aromatic amines is 1. The molecular formula is C22H32N4O2. The van der Waals surface area contributed by atoms with E-state index in [0.29, 0.717) is 6.04 Å². The zero-order valence-electron chi connectivity index (χ0n) is 17.2. The standard InChI is InChI=1S/C22H32N4O2/c1-17(2)8-10-26-12-11-25(16-20(26)9-13-27)15-19-14-23-24-22(19)18-4-6-21(28-3)7-5-18/h4-8,14,20,27H,9-13,15-16H2,1-3H3,(H,23,24)/t20-/m1/s1. The molecule has 2 N–H and O–H groups in total. The first-order valence-electron chi connectivity index (χ1n) is 9.98. The molecule has 0 spiro atoms. The van der Waals surface area contributed by atoms with Gasteiger partial charge in [-0.05, 0) is 44.5 Å². The maximum atomic E-state index is 9.51. The number of hydrogen-bond acceptors (Lipinski definition) is 5. The fourth-order valence-electron chi connectivity index (χ4n) is 3.74. The Bertz CT molecular complexity index is 765. The lowest BCUT2D eigenvalue weighted by Gasteiger charge is -2.41. The Morgan fingerprint density at radius 1 is 1.29 bits per heavy atom. The van der Waals surface area contributed by atoms with Crippen LogP contribution in [0.15, 0.2) is 42.1 Å². The molecule has 0 amide bonds. The number of benzene rings is 1. The molecule has 1 saturated heterocycles. The Labute approximate surface area is 167 Å². The van der Waals surface area contributed by atoms with Gasteiger partial charge in [-0.1, -0.05) is 11.6 Å². The zero-order chi connectivity index (χ0) is 19.9. The Morgan fingerprint density at radius 3 is 2.75 bits per heavy atom. The van der Waals surface area contributed by atoms with Gasteiger partial charge in [0.25, 0.3) is 0 Å². The summed E-state index contributed by atoms with van der Waals surface area (Å²) in [7, 11) is 1.68. The van der Waals surface area contributed by atoms with Crippen molar-refractivity contribution in [1.29, 1.82) is 0 Å². The van der Waals surface area contributed by atoms with E-state index in [1.54, 1.807) is 7.11 Å². The summed E-state index contributed by atoms with van der Waals surface area (Å²) < 4.78 is 5.25. The number of aromatic nitrogens is 2. The molecule has 1 aromatic heterocycles. The van der Waals surface area contributed by atoms with Crippen molar-refractivity contribution in [3.63, 3.8) is 0 Å². The number of rotatable bonds is 8. The second-order valence-electron chi connectivity index (χ2n) is 7.68. The van der Waals surface area contributed by atoms with Crippen LogP contribution in [-0.4, -0.2) is 71.0 Å². The van der Waals surface area contributed by atoms with Gasteiger partial charge in [-0.25, -0.2) is 0 Å². The monoisotopic (exact) mass is 384 g/mol. The van der Waals surface area contributed by atoms with Crippen molar-refractivity contribution in [3.8, 4) is 17.0 Å². The van der Waals surface area contributed by atoms with E-state index in [4.69, 9.17) is 4.74 Å². The lowest BCUT2D eigenvalue weighted by molar-refractivity contribution is 0.0637. The molecule has 6 heteroatoms. The fraction of sp³-hybridized carbons (Fsp3) is 0.500. The molecule has 0 aliphatic carbocycles. The summed E-state index contributed by atoms with van der Waals surface area (Å²) in [6, 6.07) is 8.44. The average molecular weight is 385 g/mol. The molecule has 6 nitrogen and oxygen atoms in total. The third kappa shape index (κ3) is 5.22. The maximum Gasteiger partial charge on any atom is 0.118 e. The van der Waals surface area contributed by atoms with Gasteiger partial charge in [0, 0.05) is 56.5 Å². The average Bonchev–Trinajstić information content (AvgIpc) is 3.15. The van der Waals surface area contributed by atoms with Crippen molar-refractivity contribution >= 4 is 0 Å². The van der Waals surface area contributed by atoms with Gasteiger partial charge in [0.1, 0.15) is 5.75 Å². The number of piperazine rings is 1. The normalized spacial score (nSPS) is 18.2. The van der Waals surface area contributed by atoms with Crippen molar-refractivity contribution < 1.29 is 9.84 Å². The molecule has 1 atom stereocenters. The quantitative estimate of drug-likeness (QED) is 0.685. The molecule has 0 bridgehead atoms. The van der Waals surface area contributed by atoms with Crippen LogP contribution in [0.1, 0.15) is 25.8 Å². The first-order chi connectivity index (χ1) is 13.6. The molecule has 2 heterocycles. The van der Waals surface area contributed by atoms with Gasteiger partial charge in [-0.15, -0.1) is 0 Å². The highest BCUT2D eigenvalue weighted by molar-refractivity contribution is 5.63. The van der Waals surface area contributed by atoms with Crippen LogP contribution in [0.5, 0.6) is 5.75 Å². The van der Waals surface area contributed by atoms with E-state index in [9.17, 15) is 5.11 Å². The third-order valence-corrected chi connectivity index (χ3v) is 5.38. The van der Waals surface area contributed by atoms with Crippen molar-refractivity contribution in [2.75, 3.05) is 39.9 Å². The molecule has 0 radical (unpaired) electrons. The molecule has 1 aliphatic rings. The molecule has 0 saturated carbocycles. The molecular weight excluding hydrogens is 352 g/mol. The second-order valence-corrected chi connectivity index (χ2v) is 7.68. The molecule has 1 fully saturated rings.